The summed E-state index contributed by atoms with van der Waals surface area (Å²) in [5.74, 6) is -0.241. The van der Waals surface area contributed by atoms with Crippen molar-refractivity contribution in [3.8, 4) is 0 Å². The SMILES string of the molecule is Cc1cc(NC(=O)c2ccc(I)cc2)ccc1[N+](=O)[O-]. The monoisotopic (exact) mass is 382 g/mol. The van der Waals surface area contributed by atoms with Gasteiger partial charge in [-0.05, 0) is 65.9 Å². The number of carbonyl (C=O) groups excluding carboxylic acids is 1. The number of carbonyl (C=O) groups is 1. The fraction of sp³-hybridized carbons (Fsp3) is 0.0714. The summed E-state index contributed by atoms with van der Waals surface area (Å²) < 4.78 is 1.05. The number of nitro groups is 1. The zero-order valence-electron chi connectivity index (χ0n) is 10.6. The average Bonchev–Trinajstić information content (AvgIpc) is 2.39. The van der Waals surface area contributed by atoms with Crippen LogP contribution in [-0.2, 0) is 0 Å². The number of benzene rings is 2. The van der Waals surface area contributed by atoms with Gasteiger partial charge in [0.2, 0.25) is 0 Å². The molecule has 102 valence electrons. The third kappa shape index (κ3) is 3.32. The minimum Gasteiger partial charge on any atom is -0.322 e. The summed E-state index contributed by atoms with van der Waals surface area (Å²) in [7, 11) is 0. The van der Waals surface area contributed by atoms with Crippen LogP contribution in [0, 0.1) is 20.6 Å². The van der Waals surface area contributed by atoms with E-state index in [0.29, 0.717) is 16.8 Å². The molecular formula is C14H11IN2O3. The lowest BCUT2D eigenvalue weighted by atomic mass is 10.1. The van der Waals surface area contributed by atoms with Crippen molar-refractivity contribution in [2.45, 2.75) is 6.92 Å². The number of aryl methyl sites for hydroxylation is 1. The van der Waals surface area contributed by atoms with E-state index in [-0.39, 0.29) is 11.6 Å². The molecule has 0 saturated heterocycles. The van der Waals surface area contributed by atoms with Gasteiger partial charge in [-0.3, -0.25) is 14.9 Å². The smallest absolute Gasteiger partial charge is 0.272 e. The number of nitrogens with one attached hydrogen (secondary N) is 1. The molecule has 0 aliphatic carbocycles. The molecule has 0 aliphatic heterocycles. The van der Waals surface area contributed by atoms with E-state index in [1.807, 2.05) is 12.1 Å². The fourth-order valence-electron chi connectivity index (χ4n) is 1.74. The van der Waals surface area contributed by atoms with E-state index in [9.17, 15) is 14.9 Å². The summed E-state index contributed by atoms with van der Waals surface area (Å²) in [5, 5.41) is 13.4. The quantitative estimate of drug-likeness (QED) is 0.499. The number of hydrogen-bond acceptors (Lipinski definition) is 3. The molecule has 2 aromatic rings. The van der Waals surface area contributed by atoms with E-state index in [0.717, 1.165) is 3.57 Å². The Bertz CT molecular complexity index is 669. The van der Waals surface area contributed by atoms with Gasteiger partial charge >= 0.3 is 0 Å². The summed E-state index contributed by atoms with van der Waals surface area (Å²) in [5.41, 5.74) is 1.63. The van der Waals surface area contributed by atoms with Crippen molar-refractivity contribution in [1.82, 2.24) is 0 Å². The van der Waals surface area contributed by atoms with Crippen molar-refractivity contribution in [1.29, 1.82) is 0 Å². The number of rotatable bonds is 3. The maximum atomic E-state index is 12.0. The molecule has 0 heterocycles. The van der Waals surface area contributed by atoms with Crippen LogP contribution in [0.25, 0.3) is 0 Å². The van der Waals surface area contributed by atoms with Crippen LogP contribution in [0.5, 0.6) is 0 Å². The van der Waals surface area contributed by atoms with Crippen LogP contribution in [0.4, 0.5) is 11.4 Å². The van der Waals surface area contributed by atoms with Crippen molar-refractivity contribution in [2.75, 3.05) is 5.32 Å². The second kappa shape index (κ2) is 6.00. The normalized spacial score (nSPS) is 10.1. The first-order valence-electron chi connectivity index (χ1n) is 5.79. The van der Waals surface area contributed by atoms with Crippen LogP contribution in [0.1, 0.15) is 15.9 Å². The van der Waals surface area contributed by atoms with Crippen molar-refractivity contribution < 1.29 is 9.72 Å². The standard InChI is InChI=1S/C14H11IN2O3/c1-9-8-12(6-7-13(9)17(19)20)16-14(18)10-2-4-11(15)5-3-10/h2-8H,1H3,(H,16,18). The molecule has 0 fully saturated rings. The van der Waals surface area contributed by atoms with E-state index >= 15 is 0 Å². The molecule has 2 rings (SSSR count). The lowest BCUT2D eigenvalue weighted by Crippen LogP contribution is -2.12. The summed E-state index contributed by atoms with van der Waals surface area (Å²) >= 11 is 2.16. The van der Waals surface area contributed by atoms with E-state index in [1.165, 1.54) is 12.1 Å². The summed E-state index contributed by atoms with van der Waals surface area (Å²) in [6.07, 6.45) is 0. The van der Waals surface area contributed by atoms with Gasteiger partial charge in [0.25, 0.3) is 11.6 Å². The molecule has 0 spiro atoms. The van der Waals surface area contributed by atoms with Gasteiger partial charge in [-0.1, -0.05) is 0 Å². The molecule has 0 saturated carbocycles. The minimum absolute atomic E-state index is 0.0391. The molecule has 1 amide bonds. The average molecular weight is 382 g/mol. The fourth-order valence-corrected chi connectivity index (χ4v) is 2.10. The van der Waals surface area contributed by atoms with Crippen molar-refractivity contribution >= 4 is 39.9 Å². The molecule has 6 heteroatoms. The number of anilines is 1. The number of amides is 1. The van der Waals surface area contributed by atoms with E-state index < -0.39 is 4.92 Å². The Balaban J connectivity index is 2.18. The number of halogens is 1. The van der Waals surface area contributed by atoms with Crippen LogP contribution in [0.15, 0.2) is 42.5 Å². The van der Waals surface area contributed by atoms with Gasteiger partial charge in [0.05, 0.1) is 4.92 Å². The molecule has 0 radical (unpaired) electrons. The maximum Gasteiger partial charge on any atom is 0.272 e. The third-order valence-corrected chi connectivity index (χ3v) is 3.48. The largest absolute Gasteiger partial charge is 0.322 e. The predicted molar refractivity (Wildman–Crippen MR) is 84.9 cm³/mol. The molecule has 5 nitrogen and oxygen atoms in total. The third-order valence-electron chi connectivity index (χ3n) is 2.76. The summed E-state index contributed by atoms with van der Waals surface area (Å²) in [6, 6.07) is 11.6. The lowest BCUT2D eigenvalue weighted by Gasteiger charge is -2.06. The van der Waals surface area contributed by atoms with Crippen LogP contribution in [0.2, 0.25) is 0 Å². The van der Waals surface area contributed by atoms with Gasteiger partial charge in [0, 0.05) is 26.5 Å². The van der Waals surface area contributed by atoms with Crippen molar-refractivity contribution in [3.05, 3.63) is 67.3 Å². The van der Waals surface area contributed by atoms with Gasteiger partial charge in [0.1, 0.15) is 0 Å². The first-order chi connectivity index (χ1) is 9.47. The zero-order chi connectivity index (χ0) is 14.7. The lowest BCUT2D eigenvalue weighted by molar-refractivity contribution is -0.385. The van der Waals surface area contributed by atoms with Gasteiger partial charge in [-0.15, -0.1) is 0 Å². The molecule has 0 aliphatic rings. The van der Waals surface area contributed by atoms with Crippen LogP contribution in [0.3, 0.4) is 0 Å². The predicted octanol–water partition coefficient (Wildman–Crippen LogP) is 3.76. The molecular weight excluding hydrogens is 371 g/mol. The van der Waals surface area contributed by atoms with E-state index in [1.54, 1.807) is 25.1 Å². The first kappa shape index (κ1) is 14.4. The highest BCUT2D eigenvalue weighted by Crippen LogP contribution is 2.22. The number of nitro benzene ring substituents is 1. The topological polar surface area (TPSA) is 72.2 Å². The Labute approximate surface area is 129 Å². The molecule has 0 atom stereocenters. The van der Waals surface area contributed by atoms with Gasteiger partial charge in [-0.2, -0.15) is 0 Å². The highest BCUT2D eigenvalue weighted by atomic mass is 127. The zero-order valence-corrected chi connectivity index (χ0v) is 12.7. The van der Waals surface area contributed by atoms with E-state index in [2.05, 4.69) is 27.9 Å². The Hall–Kier alpha value is -1.96. The second-order valence-electron chi connectivity index (χ2n) is 4.22. The Morgan fingerprint density at radius 2 is 1.85 bits per heavy atom. The van der Waals surface area contributed by atoms with Gasteiger partial charge in [-0.25, -0.2) is 0 Å². The second-order valence-corrected chi connectivity index (χ2v) is 5.47. The van der Waals surface area contributed by atoms with Crippen LogP contribution >= 0.6 is 22.6 Å². The minimum atomic E-state index is -0.444. The molecule has 1 N–H and O–H groups in total. The highest BCUT2D eigenvalue weighted by molar-refractivity contribution is 14.1. The summed E-state index contributed by atoms with van der Waals surface area (Å²) in [4.78, 5) is 22.3. The van der Waals surface area contributed by atoms with Crippen LogP contribution < -0.4 is 5.32 Å². The Kier molecular flexibility index (Phi) is 4.33. The first-order valence-corrected chi connectivity index (χ1v) is 6.87. The Morgan fingerprint density at radius 3 is 2.40 bits per heavy atom. The van der Waals surface area contributed by atoms with Crippen molar-refractivity contribution in [3.63, 3.8) is 0 Å². The molecule has 2 aromatic carbocycles. The van der Waals surface area contributed by atoms with Crippen LogP contribution in [-0.4, -0.2) is 10.8 Å². The molecule has 0 aromatic heterocycles. The Morgan fingerprint density at radius 1 is 1.20 bits per heavy atom. The van der Waals surface area contributed by atoms with E-state index in [4.69, 9.17) is 0 Å². The maximum absolute atomic E-state index is 12.0. The molecule has 0 unspecified atom stereocenters. The molecule has 0 bridgehead atoms. The van der Waals surface area contributed by atoms with Gasteiger partial charge < -0.3 is 5.32 Å². The number of hydrogen-bond donors (Lipinski definition) is 1. The number of nitrogens with zero attached hydrogens (tertiary/aromatic N) is 1. The summed E-state index contributed by atoms with van der Waals surface area (Å²) in [6.45, 7) is 1.64. The van der Waals surface area contributed by atoms with Gasteiger partial charge in [0.15, 0.2) is 0 Å². The highest BCUT2D eigenvalue weighted by Gasteiger charge is 2.12. The molecule has 20 heavy (non-hydrogen) atoms. The van der Waals surface area contributed by atoms with Crippen molar-refractivity contribution in [2.24, 2.45) is 0 Å².